The minimum Gasteiger partial charge on any atom is -0.367 e. The summed E-state index contributed by atoms with van der Waals surface area (Å²) >= 11 is 0. The molecule has 0 atom stereocenters. The summed E-state index contributed by atoms with van der Waals surface area (Å²) < 4.78 is 64.7. The zero-order valence-corrected chi connectivity index (χ0v) is 20.3. The van der Waals surface area contributed by atoms with Gasteiger partial charge in [-0.3, -0.25) is 10.1 Å². The summed E-state index contributed by atoms with van der Waals surface area (Å²) in [4.78, 5) is 12.5. The summed E-state index contributed by atoms with van der Waals surface area (Å²) in [6, 6.07) is 12.7. The first kappa shape index (κ1) is 24.9. The highest BCUT2D eigenvalue weighted by Crippen LogP contribution is 2.32. The molecule has 1 saturated carbocycles. The number of H-pyrrole nitrogens is 1. The predicted octanol–water partition coefficient (Wildman–Crippen LogP) is 5.14. The molecular formula is C25H23F3N6O2S. The van der Waals surface area contributed by atoms with Gasteiger partial charge in [-0.1, -0.05) is 12.1 Å². The van der Waals surface area contributed by atoms with E-state index >= 15 is 0 Å². The Labute approximate surface area is 211 Å². The normalized spacial score (nSPS) is 18.5. The van der Waals surface area contributed by atoms with E-state index in [9.17, 15) is 21.6 Å². The molecule has 0 spiro atoms. The smallest absolute Gasteiger partial charge is 0.367 e. The maximum Gasteiger partial charge on any atom is 0.417 e. The Morgan fingerprint density at radius 3 is 2.27 bits per heavy atom. The van der Waals surface area contributed by atoms with Crippen LogP contribution >= 0.6 is 0 Å². The van der Waals surface area contributed by atoms with Crippen molar-refractivity contribution in [3.63, 3.8) is 0 Å². The van der Waals surface area contributed by atoms with Gasteiger partial charge in [-0.15, -0.1) is 0 Å². The molecule has 1 fully saturated rings. The number of benzene rings is 1. The molecule has 0 aliphatic heterocycles. The van der Waals surface area contributed by atoms with Crippen LogP contribution in [0.15, 0.2) is 72.1 Å². The van der Waals surface area contributed by atoms with Crippen LogP contribution in [0.2, 0.25) is 0 Å². The van der Waals surface area contributed by atoms with Gasteiger partial charge in [-0.05, 0) is 73.2 Å². The first-order valence-electron chi connectivity index (χ1n) is 11.7. The summed E-state index contributed by atoms with van der Waals surface area (Å²) in [6.07, 6.45) is 1.47. The Morgan fingerprint density at radius 2 is 1.65 bits per heavy atom. The quantitative estimate of drug-likeness (QED) is 0.356. The van der Waals surface area contributed by atoms with E-state index in [0.717, 1.165) is 23.4 Å². The number of hydrogen-bond donors (Lipinski definition) is 2. The van der Waals surface area contributed by atoms with Crippen molar-refractivity contribution in [2.45, 2.75) is 48.0 Å². The number of aromatic nitrogens is 5. The molecule has 37 heavy (non-hydrogen) atoms. The molecule has 2 N–H and O–H groups in total. The second kappa shape index (κ2) is 9.92. The molecule has 5 rings (SSSR count). The summed E-state index contributed by atoms with van der Waals surface area (Å²) in [7, 11) is -3.53. The number of anilines is 1. The van der Waals surface area contributed by atoms with Crippen molar-refractivity contribution >= 4 is 15.7 Å². The van der Waals surface area contributed by atoms with E-state index in [4.69, 9.17) is 0 Å². The number of pyridine rings is 2. The van der Waals surface area contributed by atoms with Gasteiger partial charge >= 0.3 is 6.18 Å². The van der Waals surface area contributed by atoms with Gasteiger partial charge in [-0.2, -0.15) is 18.3 Å². The summed E-state index contributed by atoms with van der Waals surface area (Å²) in [6.45, 7) is 0. The average molecular weight is 529 g/mol. The van der Waals surface area contributed by atoms with Crippen molar-refractivity contribution < 1.29 is 21.6 Å². The summed E-state index contributed by atoms with van der Waals surface area (Å²) in [5.74, 6) is 0.887. The van der Waals surface area contributed by atoms with E-state index in [0.29, 0.717) is 43.0 Å². The third-order valence-electron chi connectivity index (χ3n) is 6.49. The van der Waals surface area contributed by atoms with Crippen molar-refractivity contribution in [2.75, 3.05) is 5.32 Å². The van der Waals surface area contributed by atoms with Gasteiger partial charge in [0.2, 0.25) is 0 Å². The Kier molecular flexibility index (Phi) is 6.67. The standard InChI is InChI=1S/C25H23F3N6O2S/c26-25(27,28)18-3-10-23(30-14-18)33-19-4-8-21(9-5-19)37(35,36)20-6-1-16(2-7-20)17-11-12-29-22(13-17)24-31-15-32-34-24/h1-3,6-7,10-15,19,21H,4-5,8-9H2,(H,30,33)(H,31,32,34). The Morgan fingerprint density at radius 1 is 0.892 bits per heavy atom. The number of aromatic amines is 1. The van der Waals surface area contributed by atoms with Crippen LogP contribution in [-0.4, -0.2) is 44.9 Å². The Hall–Kier alpha value is -3.80. The third-order valence-corrected chi connectivity index (χ3v) is 8.77. The molecule has 0 saturated heterocycles. The molecule has 0 amide bonds. The van der Waals surface area contributed by atoms with Gasteiger partial charge in [0.25, 0.3) is 0 Å². The fourth-order valence-electron chi connectivity index (χ4n) is 4.47. The Balaban J connectivity index is 1.22. The van der Waals surface area contributed by atoms with Crippen LogP contribution < -0.4 is 5.32 Å². The maximum atomic E-state index is 13.3. The first-order valence-corrected chi connectivity index (χ1v) is 13.2. The van der Waals surface area contributed by atoms with Gasteiger partial charge in [0.05, 0.1) is 15.7 Å². The fourth-order valence-corrected chi connectivity index (χ4v) is 6.26. The zero-order chi connectivity index (χ0) is 26.0. The third kappa shape index (κ3) is 5.48. The van der Waals surface area contributed by atoms with Crippen LogP contribution in [0.3, 0.4) is 0 Å². The first-order chi connectivity index (χ1) is 17.7. The van der Waals surface area contributed by atoms with Gasteiger partial charge < -0.3 is 5.32 Å². The molecule has 1 aliphatic carbocycles. The number of halogens is 3. The van der Waals surface area contributed by atoms with E-state index in [1.165, 1.54) is 12.4 Å². The molecule has 0 radical (unpaired) electrons. The van der Waals surface area contributed by atoms with Crippen molar-refractivity contribution in [3.8, 4) is 22.6 Å². The van der Waals surface area contributed by atoms with E-state index in [1.54, 1.807) is 30.5 Å². The van der Waals surface area contributed by atoms with Crippen molar-refractivity contribution in [3.05, 3.63) is 72.8 Å². The number of sulfone groups is 1. The van der Waals surface area contributed by atoms with E-state index < -0.39 is 26.8 Å². The van der Waals surface area contributed by atoms with Gasteiger partial charge in [0.1, 0.15) is 17.8 Å². The van der Waals surface area contributed by atoms with Crippen LogP contribution in [0.25, 0.3) is 22.6 Å². The number of alkyl halides is 3. The minimum absolute atomic E-state index is 0.0525. The Bertz CT molecular complexity index is 1450. The molecular weight excluding hydrogens is 505 g/mol. The summed E-state index contributed by atoms with van der Waals surface area (Å²) in [5.41, 5.74) is 1.54. The largest absolute Gasteiger partial charge is 0.417 e. The molecule has 1 aromatic carbocycles. The number of hydrogen-bond acceptors (Lipinski definition) is 7. The SMILES string of the molecule is O=S(=O)(c1ccc(-c2ccnc(-c3ncn[nH]3)c2)cc1)C1CCC(Nc2ccc(C(F)(F)F)cn2)CC1. The molecule has 1 aliphatic rings. The minimum atomic E-state index is -4.44. The highest BCUT2D eigenvalue weighted by molar-refractivity contribution is 7.92. The highest BCUT2D eigenvalue weighted by Gasteiger charge is 2.33. The van der Waals surface area contributed by atoms with Crippen LogP contribution in [0.1, 0.15) is 31.2 Å². The number of nitrogens with one attached hydrogen (secondary N) is 2. The van der Waals surface area contributed by atoms with Crippen LogP contribution in [0, 0.1) is 0 Å². The van der Waals surface area contributed by atoms with Gasteiger partial charge in [0, 0.05) is 18.4 Å². The zero-order valence-electron chi connectivity index (χ0n) is 19.5. The molecule has 0 bridgehead atoms. The van der Waals surface area contributed by atoms with Crippen LogP contribution in [0.5, 0.6) is 0 Å². The lowest BCUT2D eigenvalue weighted by atomic mass is 9.95. The molecule has 4 aromatic rings. The van der Waals surface area contributed by atoms with Gasteiger partial charge in [0.15, 0.2) is 15.7 Å². The second-order valence-corrected chi connectivity index (χ2v) is 11.1. The van der Waals surface area contributed by atoms with Crippen LogP contribution in [-0.2, 0) is 16.0 Å². The lowest BCUT2D eigenvalue weighted by molar-refractivity contribution is -0.137. The highest BCUT2D eigenvalue weighted by atomic mass is 32.2. The van der Waals surface area contributed by atoms with Gasteiger partial charge in [-0.25, -0.2) is 18.4 Å². The molecule has 192 valence electrons. The molecule has 12 heteroatoms. The monoisotopic (exact) mass is 528 g/mol. The van der Waals surface area contributed by atoms with E-state index in [2.05, 4.69) is 30.5 Å². The fraction of sp³-hybridized carbons (Fsp3) is 0.280. The number of rotatable bonds is 6. The van der Waals surface area contributed by atoms with E-state index in [1.807, 2.05) is 12.1 Å². The lowest BCUT2D eigenvalue weighted by Gasteiger charge is -2.29. The molecule has 8 nitrogen and oxygen atoms in total. The maximum absolute atomic E-state index is 13.3. The number of nitrogens with zero attached hydrogens (tertiary/aromatic N) is 4. The van der Waals surface area contributed by atoms with Crippen molar-refractivity contribution in [2.24, 2.45) is 0 Å². The average Bonchev–Trinajstić information content (AvgIpc) is 3.44. The molecule has 0 unspecified atom stereocenters. The topological polar surface area (TPSA) is 114 Å². The van der Waals surface area contributed by atoms with Crippen LogP contribution in [0.4, 0.5) is 19.0 Å². The molecule has 3 aromatic heterocycles. The lowest BCUT2D eigenvalue weighted by Crippen LogP contribution is -2.33. The second-order valence-electron chi connectivity index (χ2n) is 8.88. The van der Waals surface area contributed by atoms with E-state index in [-0.39, 0.29) is 10.9 Å². The molecule has 3 heterocycles. The summed E-state index contributed by atoms with van der Waals surface area (Å²) in [5, 5.41) is 9.21. The van der Waals surface area contributed by atoms with Crippen molar-refractivity contribution in [1.29, 1.82) is 0 Å². The predicted molar refractivity (Wildman–Crippen MR) is 131 cm³/mol. The van der Waals surface area contributed by atoms with Crippen molar-refractivity contribution in [1.82, 2.24) is 25.1 Å².